The summed E-state index contributed by atoms with van der Waals surface area (Å²) in [6.07, 6.45) is -7.28. The van der Waals surface area contributed by atoms with Gasteiger partial charge in [-0.1, -0.05) is 0 Å². The molecule has 1 unspecified atom stereocenters. The SMILES string of the molecule is CC(=CC(O)C(F)(F)F)C(=O)O. The first kappa shape index (κ1) is 11.0. The van der Waals surface area contributed by atoms with Crippen molar-refractivity contribution in [3.63, 3.8) is 0 Å². The van der Waals surface area contributed by atoms with E-state index in [4.69, 9.17) is 10.2 Å². The van der Waals surface area contributed by atoms with Crippen molar-refractivity contribution in [2.45, 2.75) is 19.2 Å². The van der Waals surface area contributed by atoms with E-state index < -0.39 is 23.8 Å². The number of carboxylic acid groups (broad SMARTS) is 1. The second-order valence-electron chi connectivity index (χ2n) is 2.14. The number of carboxylic acids is 1. The number of hydrogen-bond acceptors (Lipinski definition) is 2. The van der Waals surface area contributed by atoms with E-state index in [-0.39, 0.29) is 6.08 Å². The number of rotatable bonds is 2. The Balaban J connectivity index is 4.44. The van der Waals surface area contributed by atoms with Crippen LogP contribution in [0.2, 0.25) is 0 Å². The molecule has 12 heavy (non-hydrogen) atoms. The first-order valence-corrected chi connectivity index (χ1v) is 2.91. The van der Waals surface area contributed by atoms with E-state index in [0.29, 0.717) is 0 Å². The Morgan fingerprint density at radius 1 is 1.50 bits per heavy atom. The lowest BCUT2D eigenvalue weighted by molar-refractivity contribution is -0.188. The second-order valence-corrected chi connectivity index (χ2v) is 2.14. The van der Waals surface area contributed by atoms with Gasteiger partial charge in [-0.15, -0.1) is 0 Å². The number of aliphatic hydroxyl groups excluding tert-OH is 1. The second kappa shape index (κ2) is 3.57. The number of halogens is 3. The minimum atomic E-state index is -4.81. The van der Waals surface area contributed by atoms with Crippen molar-refractivity contribution in [3.05, 3.63) is 11.6 Å². The van der Waals surface area contributed by atoms with Gasteiger partial charge in [0.25, 0.3) is 0 Å². The van der Waals surface area contributed by atoms with Crippen molar-refractivity contribution in [1.82, 2.24) is 0 Å². The summed E-state index contributed by atoms with van der Waals surface area (Å²) in [4.78, 5) is 10.0. The van der Waals surface area contributed by atoms with Crippen LogP contribution in [0.1, 0.15) is 6.92 Å². The summed E-state index contributed by atoms with van der Waals surface area (Å²) >= 11 is 0. The molecular formula is C6H7F3O3. The molecule has 0 aromatic carbocycles. The molecule has 0 fully saturated rings. The molecule has 3 nitrogen and oxygen atoms in total. The fraction of sp³-hybridized carbons (Fsp3) is 0.500. The molecule has 0 aliphatic rings. The van der Waals surface area contributed by atoms with Crippen LogP contribution in [0.3, 0.4) is 0 Å². The Kier molecular flexibility index (Phi) is 3.26. The highest BCUT2D eigenvalue weighted by molar-refractivity contribution is 5.85. The van der Waals surface area contributed by atoms with Crippen LogP contribution >= 0.6 is 0 Å². The molecule has 0 heterocycles. The fourth-order valence-corrected chi connectivity index (χ4v) is 0.403. The third-order valence-electron chi connectivity index (χ3n) is 1.08. The minimum absolute atomic E-state index is 0.238. The molecule has 0 aliphatic carbocycles. The largest absolute Gasteiger partial charge is 0.478 e. The van der Waals surface area contributed by atoms with Crippen molar-refractivity contribution < 1.29 is 28.2 Å². The number of aliphatic hydroxyl groups is 1. The Morgan fingerprint density at radius 3 is 2.17 bits per heavy atom. The molecule has 1 atom stereocenters. The predicted octanol–water partition coefficient (Wildman–Crippen LogP) is 0.941. The Hall–Kier alpha value is -1.04. The van der Waals surface area contributed by atoms with E-state index in [1.54, 1.807) is 0 Å². The molecule has 0 saturated heterocycles. The first-order chi connectivity index (χ1) is 5.25. The Bertz CT molecular complexity index is 207. The van der Waals surface area contributed by atoms with Gasteiger partial charge >= 0.3 is 12.1 Å². The fourth-order valence-electron chi connectivity index (χ4n) is 0.403. The lowest BCUT2D eigenvalue weighted by Gasteiger charge is -2.10. The summed E-state index contributed by atoms with van der Waals surface area (Å²) in [5.41, 5.74) is -0.542. The molecule has 6 heteroatoms. The monoisotopic (exact) mass is 184 g/mol. The van der Waals surface area contributed by atoms with Crippen LogP contribution in [0.5, 0.6) is 0 Å². The van der Waals surface area contributed by atoms with Crippen LogP contribution in [0.15, 0.2) is 11.6 Å². The van der Waals surface area contributed by atoms with Crippen molar-refractivity contribution in [2.24, 2.45) is 0 Å². The lowest BCUT2D eigenvalue weighted by atomic mass is 10.2. The van der Waals surface area contributed by atoms with Gasteiger partial charge in [0.1, 0.15) is 0 Å². The van der Waals surface area contributed by atoms with E-state index >= 15 is 0 Å². The zero-order chi connectivity index (χ0) is 9.94. The maximum absolute atomic E-state index is 11.6. The van der Waals surface area contributed by atoms with Crippen molar-refractivity contribution >= 4 is 5.97 Å². The molecule has 0 rings (SSSR count). The smallest absolute Gasteiger partial charge is 0.418 e. The molecule has 0 radical (unpaired) electrons. The maximum Gasteiger partial charge on any atom is 0.418 e. The summed E-state index contributed by atoms with van der Waals surface area (Å²) < 4.78 is 34.8. The quantitative estimate of drug-likeness (QED) is 0.628. The Labute approximate surface area is 66.1 Å². The van der Waals surface area contributed by atoms with E-state index in [2.05, 4.69) is 0 Å². The van der Waals surface area contributed by atoms with Gasteiger partial charge < -0.3 is 10.2 Å². The molecule has 0 aromatic rings. The van der Waals surface area contributed by atoms with Crippen molar-refractivity contribution in [2.75, 3.05) is 0 Å². The van der Waals surface area contributed by atoms with Crippen molar-refractivity contribution in [3.8, 4) is 0 Å². The van der Waals surface area contributed by atoms with Crippen LogP contribution in [0, 0.1) is 0 Å². The van der Waals surface area contributed by atoms with Crippen LogP contribution in [-0.2, 0) is 4.79 Å². The lowest BCUT2D eigenvalue weighted by Crippen LogP contribution is -2.27. The number of alkyl halides is 3. The molecular weight excluding hydrogens is 177 g/mol. The normalized spacial score (nSPS) is 15.9. The molecule has 0 bridgehead atoms. The summed E-state index contributed by atoms with van der Waals surface area (Å²) in [5, 5.41) is 16.5. The average molecular weight is 184 g/mol. The number of carbonyl (C=O) groups is 1. The van der Waals surface area contributed by atoms with Gasteiger partial charge in [0.15, 0.2) is 6.10 Å². The summed E-state index contributed by atoms with van der Waals surface area (Å²) in [7, 11) is 0. The maximum atomic E-state index is 11.6. The third kappa shape index (κ3) is 3.38. The van der Waals surface area contributed by atoms with E-state index in [1.807, 2.05) is 0 Å². The number of aliphatic carboxylic acids is 1. The zero-order valence-corrected chi connectivity index (χ0v) is 6.09. The third-order valence-corrected chi connectivity index (χ3v) is 1.08. The van der Waals surface area contributed by atoms with E-state index in [9.17, 15) is 18.0 Å². The summed E-state index contributed by atoms with van der Waals surface area (Å²) in [6, 6.07) is 0. The van der Waals surface area contributed by atoms with Crippen LogP contribution < -0.4 is 0 Å². The molecule has 0 saturated carbocycles. The first-order valence-electron chi connectivity index (χ1n) is 2.91. The molecule has 0 aromatic heterocycles. The summed E-state index contributed by atoms with van der Waals surface area (Å²) in [6.45, 7) is 0.970. The van der Waals surface area contributed by atoms with E-state index in [0.717, 1.165) is 6.92 Å². The van der Waals surface area contributed by atoms with Gasteiger partial charge in [-0.25, -0.2) is 4.79 Å². The zero-order valence-electron chi connectivity index (χ0n) is 6.09. The Morgan fingerprint density at radius 2 is 1.92 bits per heavy atom. The van der Waals surface area contributed by atoms with Crippen molar-refractivity contribution in [1.29, 1.82) is 0 Å². The average Bonchev–Trinajstić information content (AvgIpc) is 1.85. The van der Waals surface area contributed by atoms with Crippen LogP contribution in [0.4, 0.5) is 13.2 Å². The van der Waals surface area contributed by atoms with Gasteiger partial charge in [0.2, 0.25) is 0 Å². The van der Waals surface area contributed by atoms with Gasteiger partial charge in [0.05, 0.1) is 0 Å². The van der Waals surface area contributed by atoms with Gasteiger partial charge in [-0.2, -0.15) is 13.2 Å². The van der Waals surface area contributed by atoms with Gasteiger partial charge in [-0.05, 0) is 13.0 Å². The molecule has 0 aliphatic heterocycles. The topological polar surface area (TPSA) is 57.5 Å². The van der Waals surface area contributed by atoms with Gasteiger partial charge in [-0.3, -0.25) is 0 Å². The number of hydrogen-bond donors (Lipinski definition) is 2. The highest BCUT2D eigenvalue weighted by Gasteiger charge is 2.36. The highest BCUT2D eigenvalue weighted by Crippen LogP contribution is 2.21. The summed E-state index contributed by atoms with van der Waals surface area (Å²) in [5.74, 6) is -1.49. The molecule has 70 valence electrons. The molecule has 2 N–H and O–H groups in total. The van der Waals surface area contributed by atoms with E-state index in [1.165, 1.54) is 0 Å². The van der Waals surface area contributed by atoms with Gasteiger partial charge in [0, 0.05) is 5.57 Å². The highest BCUT2D eigenvalue weighted by atomic mass is 19.4. The standard InChI is InChI=1S/C6H7F3O3/c1-3(5(11)12)2-4(10)6(7,8)9/h2,4,10H,1H3,(H,11,12). The molecule has 0 amide bonds. The predicted molar refractivity (Wildman–Crippen MR) is 33.5 cm³/mol. The van der Waals surface area contributed by atoms with Crippen LogP contribution in [0.25, 0.3) is 0 Å². The minimum Gasteiger partial charge on any atom is -0.478 e. The molecule has 0 spiro atoms. The van der Waals surface area contributed by atoms with Crippen LogP contribution in [-0.4, -0.2) is 28.5 Å².